The summed E-state index contributed by atoms with van der Waals surface area (Å²) in [6.45, 7) is 7.40. The van der Waals surface area contributed by atoms with E-state index in [4.69, 9.17) is 16.7 Å². The van der Waals surface area contributed by atoms with Gasteiger partial charge in [-0.05, 0) is 20.4 Å². The number of nitrogens with one attached hydrogen (secondary N) is 1. The highest BCUT2D eigenvalue weighted by Crippen LogP contribution is 2.18. The molecular formula is C10H18ClN3O. The molecule has 0 aliphatic rings. The maximum Gasteiger partial charge on any atom is 0.0844 e. The minimum atomic E-state index is 0.0315. The summed E-state index contributed by atoms with van der Waals surface area (Å²) in [6.07, 6.45) is 0. The van der Waals surface area contributed by atoms with Gasteiger partial charge in [-0.2, -0.15) is 5.10 Å². The third kappa shape index (κ3) is 2.93. The normalized spacial score (nSPS) is 13.1. The molecule has 0 saturated carbocycles. The van der Waals surface area contributed by atoms with Gasteiger partial charge in [0.1, 0.15) is 0 Å². The minimum absolute atomic E-state index is 0.0315. The Labute approximate surface area is 95.2 Å². The monoisotopic (exact) mass is 231 g/mol. The maximum atomic E-state index is 9.15. The van der Waals surface area contributed by atoms with Crippen molar-refractivity contribution in [2.75, 3.05) is 13.2 Å². The summed E-state index contributed by atoms with van der Waals surface area (Å²) in [5.41, 5.74) is 1.79. The second-order valence-electron chi connectivity index (χ2n) is 3.60. The number of aliphatic hydroxyl groups excluding tert-OH is 1. The average molecular weight is 232 g/mol. The van der Waals surface area contributed by atoms with Gasteiger partial charge in [-0.1, -0.05) is 18.5 Å². The zero-order valence-corrected chi connectivity index (χ0v) is 10.2. The summed E-state index contributed by atoms with van der Waals surface area (Å²) in [5, 5.41) is 17.4. The zero-order chi connectivity index (χ0) is 11.4. The van der Waals surface area contributed by atoms with Crippen LogP contribution >= 0.6 is 11.6 Å². The largest absolute Gasteiger partial charge is 0.395 e. The number of halogens is 1. The van der Waals surface area contributed by atoms with Gasteiger partial charge < -0.3 is 10.4 Å². The number of rotatable bonds is 5. The zero-order valence-electron chi connectivity index (χ0n) is 9.42. The van der Waals surface area contributed by atoms with Crippen molar-refractivity contribution in [2.24, 2.45) is 0 Å². The Morgan fingerprint density at radius 1 is 1.53 bits per heavy atom. The lowest BCUT2D eigenvalue weighted by Crippen LogP contribution is -2.36. The van der Waals surface area contributed by atoms with E-state index < -0.39 is 0 Å². The first-order valence-corrected chi connectivity index (χ1v) is 5.51. The van der Waals surface area contributed by atoms with Crippen LogP contribution < -0.4 is 5.32 Å². The fourth-order valence-corrected chi connectivity index (χ4v) is 1.67. The van der Waals surface area contributed by atoms with Crippen molar-refractivity contribution in [3.8, 4) is 0 Å². The number of aliphatic hydroxyl groups is 1. The SMILES string of the molecule is CCNC(CO)Cn1nc(C)c(Cl)c1C. The van der Waals surface area contributed by atoms with Crippen molar-refractivity contribution in [1.82, 2.24) is 15.1 Å². The molecule has 1 aromatic rings. The molecule has 0 amide bonds. The number of hydrogen-bond acceptors (Lipinski definition) is 3. The predicted octanol–water partition coefficient (Wildman–Crippen LogP) is 1.12. The Hall–Kier alpha value is -0.580. The molecule has 2 N–H and O–H groups in total. The van der Waals surface area contributed by atoms with E-state index in [1.54, 1.807) is 0 Å². The first-order valence-electron chi connectivity index (χ1n) is 5.13. The van der Waals surface area contributed by atoms with Crippen LogP contribution in [0, 0.1) is 13.8 Å². The van der Waals surface area contributed by atoms with Gasteiger partial charge in [0.2, 0.25) is 0 Å². The van der Waals surface area contributed by atoms with Crippen molar-refractivity contribution in [3.63, 3.8) is 0 Å². The summed E-state index contributed by atoms with van der Waals surface area (Å²) in [7, 11) is 0. The number of nitrogens with zero attached hydrogens (tertiary/aromatic N) is 2. The molecule has 1 unspecified atom stereocenters. The van der Waals surface area contributed by atoms with Gasteiger partial charge in [0.05, 0.1) is 29.6 Å². The molecule has 1 aromatic heterocycles. The maximum absolute atomic E-state index is 9.15. The molecule has 5 heteroatoms. The number of aryl methyl sites for hydroxylation is 1. The van der Waals surface area contributed by atoms with Crippen LogP contribution in [0.25, 0.3) is 0 Å². The average Bonchev–Trinajstić information content (AvgIpc) is 2.46. The predicted molar refractivity (Wildman–Crippen MR) is 61.3 cm³/mol. The van der Waals surface area contributed by atoms with Gasteiger partial charge >= 0.3 is 0 Å². The van der Waals surface area contributed by atoms with Crippen LogP contribution in [0.3, 0.4) is 0 Å². The van der Waals surface area contributed by atoms with Crippen LogP contribution in [0.4, 0.5) is 0 Å². The number of hydrogen-bond donors (Lipinski definition) is 2. The third-order valence-corrected chi connectivity index (χ3v) is 2.95. The third-order valence-electron chi connectivity index (χ3n) is 2.40. The molecule has 0 radical (unpaired) electrons. The topological polar surface area (TPSA) is 50.1 Å². The Balaban J connectivity index is 2.74. The molecule has 0 fully saturated rings. The molecule has 86 valence electrons. The van der Waals surface area contributed by atoms with Crippen LogP contribution in [-0.2, 0) is 6.54 Å². The van der Waals surface area contributed by atoms with E-state index in [1.165, 1.54) is 0 Å². The van der Waals surface area contributed by atoms with Gasteiger partial charge in [-0.25, -0.2) is 0 Å². The molecule has 15 heavy (non-hydrogen) atoms. The molecule has 1 rings (SSSR count). The summed E-state index contributed by atoms with van der Waals surface area (Å²) in [5.74, 6) is 0. The molecular weight excluding hydrogens is 214 g/mol. The minimum Gasteiger partial charge on any atom is -0.395 e. The molecule has 0 saturated heterocycles. The highest BCUT2D eigenvalue weighted by atomic mass is 35.5. The summed E-state index contributed by atoms with van der Waals surface area (Å²) in [6, 6.07) is 0.0315. The highest BCUT2D eigenvalue weighted by Gasteiger charge is 2.13. The van der Waals surface area contributed by atoms with Gasteiger partial charge in [-0.15, -0.1) is 0 Å². The lowest BCUT2D eigenvalue weighted by Gasteiger charge is -2.15. The molecule has 0 aliphatic heterocycles. The van der Waals surface area contributed by atoms with Crippen molar-refractivity contribution in [3.05, 3.63) is 16.4 Å². The second kappa shape index (κ2) is 5.49. The first kappa shape index (κ1) is 12.5. The summed E-state index contributed by atoms with van der Waals surface area (Å²) < 4.78 is 1.83. The van der Waals surface area contributed by atoms with E-state index in [-0.39, 0.29) is 12.6 Å². The van der Waals surface area contributed by atoms with Gasteiger partial charge in [0, 0.05) is 6.04 Å². The smallest absolute Gasteiger partial charge is 0.0844 e. The highest BCUT2D eigenvalue weighted by molar-refractivity contribution is 6.31. The van der Waals surface area contributed by atoms with Crippen LogP contribution in [-0.4, -0.2) is 34.1 Å². The molecule has 0 aliphatic carbocycles. The molecule has 0 spiro atoms. The van der Waals surface area contributed by atoms with E-state index in [1.807, 2.05) is 25.5 Å². The number of aromatic nitrogens is 2. The van der Waals surface area contributed by atoms with Crippen molar-refractivity contribution < 1.29 is 5.11 Å². The van der Waals surface area contributed by atoms with E-state index in [2.05, 4.69) is 10.4 Å². The van der Waals surface area contributed by atoms with Crippen molar-refractivity contribution >= 4 is 11.6 Å². The second-order valence-corrected chi connectivity index (χ2v) is 3.98. The van der Waals surface area contributed by atoms with Crippen LogP contribution in [0.15, 0.2) is 0 Å². The molecule has 4 nitrogen and oxygen atoms in total. The van der Waals surface area contributed by atoms with Gasteiger partial charge in [0.15, 0.2) is 0 Å². The van der Waals surface area contributed by atoms with Gasteiger partial charge in [-0.3, -0.25) is 4.68 Å². The molecule has 1 heterocycles. The lowest BCUT2D eigenvalue weighted by atomic mass is 10.3. The van der Waals surface area contributed by atoms with E-state index >= 15 is 0 Å². The van der Waals surface area contributed by atoms with Gasteiger partial charge in [0.25, 0.3) is 0 Å². The fraction of sp³-hybridized carbons (Fsp3) is 0.700. The Kier molecular flexibility index (Phi) is 4.57. The standard InChI is InChI=1S/C10H18ClN3O/c1-4-12-9(6-15)5-14-8(3)10(11)7(2)13-14/h9,12,15H,4-6H2,1-3H3. The first-order chi connectivity index (χ1) is 7.10. The molecule has 1 atom stereocenters. The Bertz CT molecular complexity index is 325. The molecule has 0 aromatic carbocycles. The summed E-state index contributed by atoms with van der Waals surface area (Å²) in [4.78, 5) is 0. The van der Waals surface area contributed by atoms with Crippen LogP contribution in [0.2, 0.25) is 5.02 Å². The van der Waals surface area contributed by atoms with E-state index in [9.17, 15) is 0 Å². The quantitative estimate of drug-likeness (QED) is 0.799. The van der Waals surface area contributed by atoms with Crippen molar-refractivity contribution in [2.45, 2.75) is 33.4 Å². The summed E-state index contributed by atoms with van der Waals surface area (Å²) >= 11 is 6.04. The van der Waals surface area contributed by atoms with Crippen molar-refractivity contribution in [1.29, 1.82) is 0 Å². The fourth-order valence-electron chi connectivity index (χ4n) is 1.54. The lowest BCUT2D eigenvalue weighted by molar-refractivity contribution is 0.226. The van der Waals surface area contributed by atoms with Crippen LogP contribution in [0.5, 0.6) is 0 Å². The van der Waals surface area contributed by atoms with E-state index in [0.29, 0.717) is 11.6 Å². The van der Waals surface area contributed by atoms with Crippen LogP contribution in [0.1, 0.15) is 18.3 Å². The Morgan fingerprint density at radius 3 is 2.60 bits per heavy atom. The Morgan fingerprint density at radius 2 is 2.20 bits per heavy atom. The van der Waals surface area contributed by atoms with E-state index in [0.717, 1.165) is 17.9 Å². The number of likely N-dealkylation sites (N-methyl/N-ethyl adjacent to an activating group) is 1. The molecule has 0 bridgehead atoms.